The molecule has 2 amide bonds. The van der Waals surface area contributed by atoms with Crippen LogP contribution in [0.2, 0.25) is 0 Å². The summed E-state index contributed by atoms with van der Waals surface area (Å²) < 4.78 is 16.6. The maximum atomic E-state index is 13.4. The average Bonchev–Trinajstić information content (AvgIpc) is 3.28. The van der Waals surface area contributed by atoms with Gasteiger partial charge in [-0.15, -0.1) is 11.3 Å². The highest BCUT2D eigenvalue weighted by Gasteiger charge is 2.33. The molecule has 2 aromatic rings. The second-order valence-electron chi connectivity index (χ2n) is 8.55. The Kier molecular flexibility index (Phi) is 9.14. The second-order valence-corrected chi connectivity index (χ2v) is 9.55. The van der Waals surface area contributed by atoms with E-state index >= 15 is 0 Å². The minimum atomic E-state index is -0.205. The van der Waals surface area contributed by atoms with Gasteiger partial charge in [-0.25, -0.2) is 0 Å². The second kappa shape index (κ2) is 12.0. The van der Waals surface area contributed by atoms with Crippen LogP contribution in [0.15, 0.2) is 35.7 Å². The van der Waals surface area contributed by atoms with Crippen molar-refractivity contribution >= 4 is 23.2 Å². The Labute approximate surface area is 200 Å². The van der Waals surface area contributed by atoms with Crippen LogP contribution >= 0.6 is 11.3 Å². The molecule has 1 atom stereocenters. The van der Waals surface area contributed by atoms with Gasteiger partial charge in [0.2, 0.25) is 11.8 Å². The van der Waals surface area contributed by atoms with Crippen molar-refractivity contribution in [1.82, 2.24) is 9.80 Å². The molecular weight excluding hydrogens is 440 g/mol. The van der Waals surface area contributed by atoms with Gasteiger partial charge in [-0.3, -0.25) is 9.59 Å². The first-order valence-corrected chi connectivity index (χ1v) is 12.2. The summed E-state index contributed by atoms with van der Waals surface area (Å²) in [6.45, 7) is 5.79. The van der Waals surface area contributed by atoms with Crippen LogP contribution in [-0.2, 0) is 20.7 Å². The highest BCUT2D eigenvalue weighted by molar-refractivity contribution is 7.10. The van der Waals surface area contributed by atoms with E-state index in [1.54, 1.807) is 30.5 Å². The molecule has 33 heavy (non-hydrogen) atoms. The number of hydrogen-bond donors (Lipinski definition) is 0. The molecule has 0 unspecified atom stereocenters. The molecule has 8 heteroatoms. The number of benzene rings is 1. The predicted molar refractivity (Wildman–Crippen MR) is 129 cm³/mol. The third kappa shape index (κ3) is 6.71. The number of nitrogens with zero attached hydrogens (tertiary/aromatic N) is 2. The van der Waals surface area contributed by atoms with Crippen LogP contribution in [0.3, 0.4) is 0 Å². The van der Waals surface area contributed by atoms with E-state index in [-0.39, 0.29) is 30.3 Å². The summed E-state index contributed by atoms with van der Waals surface area (Å²) >= 11 is 1.71. The maximum Gasteiger partial charge on any atom is 0.242 e. The molecule has 0 radical (unpaired) electrons. The fraction of sp³-hybridized carbons (Fsp3) is 0.520. The lowest BCUT2D eigenvalue weighted by Gasteiger charge is -2.37. The zero-order valence-electron chi connectivity index (χ0n) is 19.9. The van der Waals surface area contributed by atoms with Gasteiger partial charge in [0.15, 0.2) is 0 Å². The third-order valence-corrected chi connectivity index (χ3v) is 6.69. The van der Waals surface area contributed by atoms with E-state index in [0.29, 0.717) is 38.5 Å². The number of hydrogen-bond acceptors (Lipinski definition) is 6. The van der Waals surface area contributed by atoms with Crippen LogP contribution in [0, 0.1) is 5.92 Å². The van der Waals surface area contributed by atoms with E-state index in [1.165, 1.54) is 4.88 Å². The van der Waals surface area contributed by atoms with Crippen molar-refractivity contribution in [2.24, 2.45) is 5.92 Å². The van der Waals surface area contributed by atoms with Crippen LogP contribution in [0.1, 0.15) is 36.8 Å². The summed E-state index contributed by atoms with van der Waals surface area (Å²) in [7, 11) is 3.22. The summed E-state index contributed by atoms with van der Waals surface area (Å²) in [5.41, 5.74) is 1.12. The number of amides is 2. The van der Waals surface area contributed by atoms with Gasteiger partial charge in [0.1, 0.15) is 18.1 Å². The number of rotatable bonds is 11. The minimum Gasteiger partial charge on any atom is -0.497 e. The first-order valence-electron chi connectivity index (χ1n) is 11.3. The molecule has 1 aliphatic heterocycles. The number of ether oxygens (including phenoxy) is 3. The Morgan fingerprint density at radius 1 is 1.21 bits per heavy atom. The Balaban J connectivity index is 1.75. The van der Waals surface area contributed by atoms with Crippen molar-refractivity contribution in [2.45, 2.75) is 32.7 Å². The van der Waals surface area contributed by atoms with Gasteiger partial charge in [0.05, 0.1) is 26.3 Å². The number of thiophene rings is 1. The van der Waals surface area contributed by atoms with E-state index in [1.807, 2.05) is 43.0 Å². The van der Waals surface area contributed by atoms with Gasteiger partial charge >= 0.3 is 0 Å². The fourth-order valence-corrected chi connectivity index (χ4v) is 4.89. The number of fused-ring (bicyclic) bond motifs is 1. The molecule has 2 heterocycles. The molecule has 7 nitrogen and oxygen atoms in total. The monoisotopic (exact) mass is 474 g/mol. The molecule has 0 bridgehead atoms. The van der Waals surface area contributed by atoms with Crippen LogP contribution < -0.4 is 9.47 Å². The van der Waals surface area contributed by atoms with E-state index in [0.717, 1.165) is 17.7 Å². The van der Waals surface area contributed by atoms with Crippen molar-refractivity contribution < 1.29 is 23.8 Å². The lowest BCUT2D eigenvalue weighted by Crippen LogP contribution is -2.48. The molecule has 0 saturated carbocycles. The van der Waals surface area contributed by atoms with Crippen molar-refractivity contribution in [3.63, 3.8) is 0 Å². The first-order chi connectivity index (χ1) is 15.9. The highest BCUT2D eigenvalue weighted by atomic mass is 32.1. The summed E-state index contributed by atoms with van der Waals surface area (Å²) in [5, 5.41) is 2.06. The lowest BCUT2D eigenvalue weighted by atomic mass is 10.0. The average molecular weight is 475 g/mol. The predicted octanol–water partition coefficient (Wildman–Crippen LogP) is 3.78. The van der Waals surface area contributed by atoms with E-state index in [2.05, 4.69) is 11.4 Å². The van der Waals surface area contributed by atoms with Gasteiger partial charge in [0.25, 0.3) is 0 Å². The van der Waals surface area contributed by atoms with E-state index < -0.39 is 0 Å². The molecule has 0 spiro atoms. The van der Waals surface area contributed by atoms with Crippen molar-refractivity contribution in [2.75, 3.05) is 47.1 Å². The summed E-state index contributed by atoms with van der Waals surface area (Å²) in [4.78, 5) is 30.9. The standard InChI is InChI=1S/C25H34N2O5S/c1-18(2)14-24(28)26(11-12-30-3)16-25(29)27-10-8-23-21(9-13-33-23)22(27)17-32-20-7-5-6-19(15-20)31-4/h5-7,9,13,15,18,22H,8,10-12,14,16-17H2,1-4H3/t22-/m0/s1. The largest absolute Gasteiger partial charge is 0.497 e. The Morgan fingerprint density at radius 2 is 2.00 bits per heavy atom. The van der Waals surface area contributed by atoms with Gasteiger partial charge in [0, 0.05) is 37.6 Å². The summed E-state index contributed by atoms with van der Waals surface area (Å²) in [5.74, 6) is 1.55. The van der Waals surface area contributed by atoms with Crippen LogP contribution in [-0.4, -0.2) is 68.7 Å². The van der Waals surface area contributed by atoms with Gasteiger partial charge in [-0.2, -0.15) is 0 Å². The molecular formula is C25H34N2O5S. The van der Waals surface area contributed by atoms with Crippen molar-refractivity contribution in [1.29, 1.82) is 0 Å². The smallest absolute Gasteiger partial charge is 0.242 e. The Hall–Kier alpha value is -2.58. The van der Waals surface area contributed by atoms with Crippen molar-refractivity contribution in [3.05, 3.63) is 46.2 Å². The van der Waals surface area contributed by atoms with Crippen LogP contribution in [0.4, 0.5) is 0 Å². The summed E-state index contributed by atoms with van der Waals surface area (Å²) in [6.07, 6.45) is 1.22. The SMILES string of the molecule is COCCN(CC(=O)N1CCc2sccc2[C@@H]1COc1cccc(OC)c1)C(=O)CC(C)C. The third-order valence-electron chi connectivity index (χ3n) is 5.69. The molecule has 0 fully saturated rings. The van der Waals surface area contributed by atoms with Crippen molar-refractivity contribution in [3.8, 4) is 11.5 Å². The quantitative estimate of drug-likeness (QED) is 0.496. The molecule has 0 saturated heterocycles. The molecule has 3 rings (SSSR count). The van der Waals surface area contributed by atoms with Gasteiger partial charge < -0.3 is 24.0 Å². The first kappa shape index (κ1) is 25.1. The Morgan fingerprint density at radius 3 is 2.73 bits per heavy atom. The highest BCUT2D eigenvalue weighted by Crippen LogP contribution is 2.34. The zero-order valence-corrected chi connectivity index (χ0v) is 20.7. The fourth-order valence-electron chi connectivity index (χ4n) is 3.97. The molecule has 0 N–H and O–H groups in total. The Bertz CT molecular complexity index is 929. The normalized spacial score (nSPS) is 15.3. The molecule has 1 aromatic carbocycles. The number of methoxy groups -OCH3 is 2. The van der Waals surface area contributed by atoms with E-state index in [4.69, 9.17) is 14.2 Å². The van der Waals surface area contributed by atoms with Gasteiger partial charge in [-0.1, -0.05) is 19.9 Å². The lowest BCUT2D eigenvalue weighted by molar-refractivity contribution is -0.143. The maximum absolute atomic E-state index is 13.4. The molecule has 180 valence electrons. The van der Waals surface area contributed by atoms with E-state index in [9.17, 15) is 9.59 Å². The summed E-state index contributed by atoms with van der Waals surface area (Å²) in [6, 6.07) is 9.32. The topological polar surface area (TPSA) is 68.3 Å². The number of carbonyl (C=O) groups excluding carboxylic acids is 2. The number of carbonyl (C=O) groups is 2. The molecule has 1 aliphatic rings. The minimum absolute atomic E-state index is 0.0205. The molecule has 0 aliphatic carbocycles. The van der Waals surface area contributed by atoms with Crippen LogP contribution in [0.5, 0.6) is 11.5 Å². The molecule has 1 aromatic heterocycles. The van der Waals surface area contributed by atoms with Gasteiger partial charge in [-0.05, 0) is 41.5 Å². The zero-order chi connectivity index (χ0) is 23.8. The van der Waals surface area contributed by atoms with Crippen LogP contribution in [0.25, 0.3) is 0 Å².